The van der Waals surface area contributed by atoms with Crippen molar-refractivity contribution in [3.05, 3.63) is 12.2 Å². The number of hydrogen-bond donors (Lipinski definition) is 3. The molecule has 1 fully saturated rings. The van der Waals surface area contributed by atoms with Crippen molar-refractivity contribution in [3.63, 3.8) is 0 Å². The molecule has 0 aliphatic carbocycles. The highest BCUT2D eigenvalue weighted by atomic mass is 32.2. The molecule has 1 heterocycles. The summed E-state index contributed by atoms with van der Waals surface area (Å²) in [6, 6.07) is 0. The zero-order valence-electron chi connectivity index (χ0n) is 18.7. The molecule has 3 N–H and O–H groups in total. The largest absolute Gasteiger partial charge is 0.480 e. The number of nitrogens with one attached hydrogen (secondary N) is 2. The highest BCUT2D eigenvalue weighted by Crippen LogP contribution is 2.22. The molecule has 2 atom stereocenters. The second-order valence-corrected chi connectivity index (χ2v) is 10.7. The number of carbonyl (C=O) groups is 2. The minimum Gasteiger partial charge on any atom is -0.480 e. The van der Waals surface area contributed by atoms with Crippen molar-refractivity contribution in [1.29, 1.82) is 0 Å². The summed E-state index contributed by atoms with van der Waals surface area (Å²) >= 11 is 0. The van der Waals surface area contributed by atoms with E-state index in [0.717, 1.165) is 5.57 Å². The molecule has 0 radical (unpaired) electrons. The predicted molar refractivity (Wildman–Crippen MR) is 111 cm³/mol. The molecule has 29 heavy (non-hydrogen) atoms. The van der Waals surface area contributed by atoms with Crippen LogP contribution in [0.25, 0.3) is 0 Å². The summed E-state index contributed by atoms with van der Waals surface area (Å²) in [5.74, 6) is -0.900. The Hall–Kier alpha value is -1.65. The Labute approximate surface area is 174 Å². The third kappa shape index (κ3) is 11.2. The van der Waals surface area contributed by atoms with Crippen LogP contribution in [-0.2, 0) is 24.0 Å². The maximum absolute atomic E-state index is 11.6. The molecule has 0 spiro atoms. The first-order valence-electron chi connectivity index (χ1n) is 9.36. The number of carbonyl (C=O) groups excluding carboxylic acids is 1. The van der Waals surface area contributed by atoms with Gasteiger partial charge in [0.2, 0.25) is 0 Å². The SMILES string of the molecule is C=C(C)CC1(C)COS(=O)(=O)N1.CC(C)CC(C)(NC(=O)OC(C)(C)C)C(=O)O. The van der Waals surface area contributed by atoms with Crippen LogP contribution in [0.2, 0.25) is 0 Å². The summed E-state index contributed by atoms with van der Waals surface area (Å²) < 4.78 is 33.8. The first-order valence-corrected chi connectivity index (χ1v) is 10.8. The van der Waals surface area contributed by atoms with E-state index in [9.17, 15) is 18.0 Å². The van der Waals surface area contributed by atoms with Crippen LogP contribution in [0.1, 0.15) is 68.2 Å². The Balaban J connectivity index is 0.000000571. The van der Waals surface area contributed by atoms with Crippen molar-refractivity contribution in [2.75, 3.05) is 6.61 Å². The zero-order valence-corrected chi connectivity index (χ0v) is 19.5. The van der Waals surface area contributed by atoms with Gasteiger partial charge in [-0.05, 0) is 60.3 Å². The van der Waals surface area contributed by atoms with Crippen LogP contribution in [0, 0.1) is 5.92 Å². The van der Waals surface area contributed by atoms with E-state index in [2.05, 4.69) is 20.8 Å². The maximum atomic E-state index is 11.6. The molecule has 1 aliphatic heterocycles. The number of hydrogen-bond acceptors (Lipinski definition) is 6. The molecular weight excluding hydrogens is 400 g/mol. The Bertz CT molecular complexity index is 713. The predicted octanol–water partition coefficient (Wildman–Crippen LogP) is 2.98. The molecule has 1 rings (SSSR count). The average Bonchev–Trinajstić information content (AvgIpc) is 2.68. The van der Waals surface area contributed by atoms with Crippen LogP contribution in [0.5, 0.6) is 0 Å². The van der Waals surface area contributed by atoms with Crippen molar-refractivity contribution < 1.29 is 32.0 Å². The van der Waals surface area contributed by atoms with E-state index in [-0.39, 0.29) is 12.5 Å². The lowest BCUT2D eigenvalue weighted by atomic mass is 9.91. The second-order valence-electron chi connectivity index (χ2n) is 9.38. The lowest BCUT2D eigenvalue weighted by Gasteiger charge is -2.29. The number of aliphatic carboxylic acids is 1. The molecule has 170 valence electrons. The van der Waals surface area contributed by atoms with Gasteiger partial charge in [-0.3, -0.25) is 4.18 Å². The minimum atomic E-state index is -3.49. The summed E-state index contributed by atoms with van der Waals surface area (Å²) in [6.45, 7) is 18.0. The van der Waals surface area contributed by atoms with E-state index in [1.165, 1.54) is 6.92 Å². The third-order valence-electron chi connectivity index (χ3n) is 3.66. The van der Waals surface area contributed by atoms with Gasteiger partial charge in [-0.2, -0.15) is 13.1 Å². The number of amides is 1. The van der Waals surface area contributed by atoms with Crippen molar-refractivity contribution in [3.8, 4) is 0 Å². The van der Waals surface area contributed by atoms with E-state index in [1.54, 1.807) is 27.7 Å². The lowest BCUT2D eigenvalue weighted by molar-refractivity contribution is -0.144. The first-order chi connectivity index (χ1) is 12.8. The molecule has 0 saturated carbocycles. The molecule has 0 aromatic rings. The number of carboxylic acid groups (broad SMARTS) is 1. The van der Waals surface area contributed by atoms with Gasteiger partial charge >= 0.3 is 22.4 Å². The minimum absolute atomic E-state index is 0.158. The smallest absolute Gasteiger partial charge is 0.408 e. The van der Waals surface area contributed by atoms with Gasteiger partial charge in [0.25, 0.3) is 0 Å². The lowest BCUT2D eigenvalue weighted by Crippen LogP contribution is -2.54. The molecule has 1 saturated heterocycles. The Morgan fingerprint density at radius 1 is 1.31 bits per heavy atom. The van der Waals surface area contributed by atoms with Gasteiger partial charge < -0.3 is 15.2 Å². The van der Waals surface area contributed by atoms with Crippen molar-refractivity contribution >= 4 is 22.4 Å². The van der Waals surface area contributed by atoms with E-state index < -0.39 is 39.0 Å². The Morgan fingerprint density at radius 2 is 1.83 bits per heavy atom. The van der Waals surface area contributed by atoms with Crippen LogP contribution < -0.4 is 10.0 Å². The van der Waals surface area contributed by atoms with Crippen LogP contribution in [0.4, 0.5) is 4.79 Å². The van der Waals surface area contributed by atoms with Crippen molar-refractivity contribution in [1.82, 2.24) is 10.0 Å². The van der Waals surface area contributed by atoms with Gasteiger partial charge in [0.15, 0.2) is 0 Å². The van der Waals surface area contributed by atoms with Crippen LogP contribution in [0.15, 0.2) is 12.2 Å². The Kier molecular flexibility index (Phi) is 9.34. The molecule has 2 unspecified atom stereocenters. The van der Waals surface area contributed by atoms with Gasteiger partial charge in [-0.15, -0.1) is 6.58 Å². The molecular formula is C19H36N2O7S. The molecule has 0 bridgehead atoms. The number of rotatable bonds is 6. The zero-order chi connectivity index (χ0) is 23.3. The van der Waals surface area contributed by atoms with Gasteiger partial charge in [0, 0.05) is 0 Å². The van der Waals surface area contributed by atoms with Gasteiger partial charge in [0.05, 0.1) is 12.1 Å². The number of ether oxygens (including phenoxy) is 1. The highest BCUT2D eigenvalue weighted by Gasteiger charge is 2.38. The second kappa shape index (κ2) is 9.90. The normalized spacial score (nSPS) is 22.8. The number of carboxylic acids is 1. The van der Waals surface area contributed by atoms with E-state index >= 15 is 0 Å². The van der Waals surface area contributed by atoms with Crippen LogP contribution >= 0.6 is 0 Å². The highest BCUT2D eigenvalue weighted by molar-refractivity contribution is 7.85. The standard InChI is InChI=1S/C12H23NO4.C7H13NO3S/c1-8(2)7-12(6,9(14)15)13-10(16)17-11(3,4)5;1-6(2)4-7(3)5-11-12(9,10)8-7/h8H,7H2,1-6H3,(H,13,16)(H,14,15);8H,1,4-5H2,2-3H3. The molecule has 0 aromatic carbocycles. The van der Waals surface area contributed by atoms with Gasteiger partial charge in [-0.25, -0.2) is 9.59 Å². The summed E-state index contributed by atoms with van der Waals surface area (Å²) in [5, 5.41) is 11.6. The Morgan fingerprint density at radius 3 is 2.14 bits per heavy atom. The average molecular weight is 437 g/mol. The van der Waals surface area contributed by atoms with E-state index in [1.807, 2.05) is 20.8 Å². The fourth-order valence-corrected chi connectivity index (χ4v) is 4.07. The van der Waals surface area contributed by atoms with Crippen molar-refractivity contribution in [2.24, 2.45) is 5.92 Å². The van der Waals surface area contributed by atoms with E-state index in [4.69, 9.17) is 9.84 Å². The van der Waals surface area contributed by atoms with Crippen LogP contribution in [0.3, 0.4) is 0 Å². The molecule has 1 aliphatic rings. The maximum Gasteiger partial charge on any atom is 0.408 e. The summed E-state index contributed by atoms with van der Waals surface area (Å²) in [6.07, 6.45) is 0.247. The summed E-state index contributed by atoms with van der Waals surface area (Å²) in [5.41, 5.74) is -1.51. The molecule has 9 nitrogen and oxygen atoms in total. The van der Waals surface area contributed by atoms with E-state index in [0.29, 0.717) is 12.8 Å². The van der Waals surface area contributed by atoms with Crippen molar-refractivity contribution in [2.45, 2.75) is 84.9 Å². The summed E-state index contributed by atoms with van der Waals surface area (Å²) in [4.78, 5) is 22.8. The quantitative estimate of drug-likeness (QED) is 0.545. The molecule has 1 amide bonds. The third-order valence-corrected chi connectivity index (χ3v) is 4.83. The van der Waals surface area contributed by atoms with Gasteiger partial charge in [-0.1, -0.05) is 19.4 Å². The molecule has 10 heteroatoms. The topological polar surface area (TPSA) is 131 Å². The van der Waals surface area contributed by atoms with Gasteiger partial charge in [0.1, 0.15) is 11.1 Å². The fraction of sp³-hybridized carbons (Fsp3) is 0.789. The monoisotopic (exact) mass is 436 g/mol. The fourth-order valence-electron chi connectivity index (χ4n) is 2.86. The summed E-state index contributed by atoms with van der Waals surface area (Å²) in [7, 11) is -3.49. The molecule has 0 aromatic heterocycles. The number of alkyl carbamates (subject to hydrolysis) is 1. The van der Waals surface area contributed by atoms with Crippen LogP contribution in [-0.4, -0.2) is 48.9 Å². The first kappa shape index (κ1) is 27.4.